The largest absolute Gasteiger partial charge is 0.385 e. The average Bonchev–Trinajstić information content (AvgIpc) is 2.58. The molecule has 23 heavy (non-hydrogen) atoms. The van der Waals surface area contributed by atoms with Crippen molar-refractivity contribution in [1.29, 1.82) is 0 Å². The number of rotatable bonds is 8. The molecule has 0 atom stereocenters. The number of ether oxygens (including phenoxy) is 1. The van der Waals surface area contributed by atoms with Gasteiger partial charge in [0.25, 0.3) is 0 Å². The van der Waals surface area contributed by atoms with E-state index in [0.29, 0.717) is 0 Å². The Morgan fingerprint density at radius 2 is 1.91 bits per heavy atom. The second kappa shape index (κ2) is 9.85. The topological polar surface area (TPSA) is 45.7 Å². The van der Waals surface area contributed by atoms with Crippen LogP contribution in [0.3, 0.4) is 0 Å². The summed E-state index contributed by atoms with van der Waals surface area (Å²) in [5, 5.41) is 9.25. The fraction of sp³-hybridized carbons (Fsp3) is 0.421. The molecule has 2 N–H and O–H groups in total. The van der Waals surface area contributed by atoms with E-state index in [-0.39, 0.29) is 0 Å². The van der Waals surface area contributed by atoms with E-state index in [0.717, 1.165) is 45.0 Å². The van der Waals surface area contributed by atoms with E-state index in [4.69, 9.17) is 4.74 Å². The van der Waals surface area contributed by atoms with Crippen LogP contribution in [0.1, 0.15) is 18.9 Å². The summed E-state index contributed by atoms with van der Waals surface area (Å²) in [5.74, 6) is 0.879. The van der Waals surface area contributed by atoms with E-state index in [1.807, 2.05) is 0 Å². The summed E-state index contributed by atoms with van der Waals surface area (Å²) in [5.41, 5.74) is 1.34. The Labute approximate surface area is 139 Å². The number of nitrogens with one attached hydrogen (secondary N) is 2. The third kappa shape index (κ3) is 5.91. The maximum atomic E-state index is 5.05. The summed E-state index contributed by atoms with van der Waals surface area (Å²) in [4.78, 5) is 4.55. The Kier molecular flexibility index (Phi) is 7.40. The smallest absolute Gasteiger partial charge is 0.191 e. The molecule has 2 aromatic rings. The van der Waals surface area contributed by atoms with Crippen LogP contribution in [0, 0.1) is 0 Å². The van der Waals surface area contributed by atoms with Crippen LogP contribution in [-0.4, -0.2) is 39.3 Å². The van der Waals surface area contributed by atoms with Gasteiger partial charge in [-0.15, -0.1) is 0 Å². The Bertz CT molecular complexity index is 625. The fourth-order valence-corrected chi connectivity index (χ4v) is 2.46. The van der Waals surface area contributed by atoms with Crippen molar-refractivity contribution in [3.63, 3.8) is 0 Å². The van der Waals surface area contributed by atoms with Gasteiger partial charge in [0.2, 0.25) is 0 Å². The van der Waals surface area contributed by atoms with Gasteiger partial charge in [0.05, 0.1) is 0 Å². The number of aliphatic imine (C=N–C) groups is 1. The number of fused-ring (bicyclic) bond motifs is 1. The fourth-order valence-electron chi connectivity index (χ4n) is 2.46. The number of nitrogens with zero attached hydrogens (tertiary/aromatic N) is 1. The summed E-state index contributed by atoms with van der Waals surface area (Å²) in [6.07, 6.45) is 1.92. The average molecular weight is 313 g/mol. The van der Waals surface area contributed by atoms with Crippen LogP contribution in [0.5, 0.6) is 0 Å². The monoisotopic (exact) mass is 313 g/mol. The minimum Gasteiger partial charge on any atom is -0.385 e. The van der Waals surface area contributed by atoms with Crippen LogP contribution in [0.25, 0.3) is 10.8 Å². The van der Waals surface area contributed by atoms with E-state index < -0.39 is 0 Å². The van der Waals surface area contributed by atoms with Gasteiger partial charge in [0.1, 0.15) is 0 Å². The van der Waals surface area contributed by atoms with Crippen molar-refractivity contribution in [3.05, 3.63) is 48.0 Å². The molecule has 0 aromatic heterocycles. The zero-order valence-corrected chi connectivity index (χ0v) is 14.1. The van der Waals surface area contributed by atoms with Crippen LogP contribution in [0.2, 0.25) is 0 Å². The summed E-state index contributed by atoms with van der Waals surface area (Å²) < 4.78 is 5.05. The van der Waals surface area contributed by atoms with Crippen molar-refractivity contribution in [2.24, 2.45) is 4.99 Å². The van der Waals surface area contributed by atoms with E-state index in [1.165, 1.54) is 16.3 Å². The molecule has 0 amide bonds. The van der Waals surface area contributed by atoms with Crippen LogP contribution in [0.15, 0.2) is 47.5 Å². The molecular formula is C19H27N3O. The van der Waals surface area contributed by atoms with Crippen molar-refractivity contribution in [2.45, 2.75) is 19.8 Å². The highest BCUT2D eigenvalue weighted by molar-refractivity contribution is 5.83. The Balaban J connectivity index is 1.84. The zero-order valence-electron chi connectivity index (χ0n) is 14.1. The Morgan fingerprint density at radius 1 is 1.09 bits per heavy atom. The van der Waals surface area contributed by atoms with Gasteiger partial charge in [-0.2, -0.15) is 0 Å². The maximum Gasteiger partial charge on any atom is 0.191 e. The van der Waals surface area contributed by atoms with Gasteiger partial charge in [-0.1, -0.05) is 42.5 Å². The normalized spacial score (nSPS) is 11.7. The molecule has 0 saturated heterocycles. The van der Waals surface area contributed by atoms with Crippen molar-refractivity contribution in [2.75, 3.05) is 33.4 Å². The number of methoxy groups -OCH3 is 1. The lowest BCUT2D eigenvalue weighted by atomic mass is 10.1. The molecule has 0 aliphatic heterocycles. The minimum atomic E-state index is 0.750. The SMILES string of the molecule is CCNC(=NCCCOC)NCCc1ccc2ccccc2c1. The van der Waals surface area contributed by atoms with Gasteiger partial charge in [-0.25, -0.2) is 0 Å². The third-order valence-corrected chi connectivity index (χ3v) is 3.64. The molecule has 0 bridgehead atoms. The van der Waals surface area contributed by atoms with Gasteiger partial charge in [-0.3, -0.25) is 4.99 Å². The highest BCUT2D eigenvalue weighted by Gasteiger charge is 1.99. The van der Waals surface area contributed by atoms with Crippen LogP contribution in [-0.2, 0) is 11.2 Å². The molecule has 124 valence electrons. The first-order valence-corrected chi connectivity index (χ1v) is 8.32. The summed E-state index contributed by atoms with van der Waals surface area (Å²) in [7, 11) is 1.72. The van der Waals surface area contributed by atoms with Crippen molar-refractivity contribution >= 4 is 16.7 Å². The van der Waals surface area contributed by atoms with Gasteiger partial charge in [-0.05, 0) is 36.1 Å². The van der Waals surface area contributed by atoms with E-state index in [9.17, 15) is 0 Å². The number of hydrogen-bond donors (Lipinski definition) is 2. The van der Waals surface area contributed by atoms with E-state index in [1.54, 1.807) is 7.11 Å². The summed E-state index contributed by atoms with van der Waals surface area (Å²) in [6, 6.07) is 15.1. The molecule has 0 aliphatic carbocycles. The maximum absolute atomic E-state index is 5.05. The van der Waals surface area contributed by atoms with E-state index in [2.05, 4.69) is 65.0 Å². The van der Waals surface area contributed by atoms with Gasteiger partial charge in [0, 0.05) is 33.4 Å². The molecule has 2 rings (SSSR count). The number of guanidine groups is 1. The molecule has 0 spiro atoms. The molecular weight excluding hydrogens is 286 g/mol. The number of benzene rings is 2. The standard InChI is InChI=1S/C19H27N3O/c1-3-20-19(21-12-6-14-23-2)22-13-11-16-9-10-17-7-4-5-8-18(17)15-16/h4-5,7-10,15H,3,6,11-14H2,1-2H3,(H2,20,21,22). The summed E-state index contributed by atoms with van der Waals surface area (Å²) in [6.45, 7) is 5.34. The van der Waals surface area contributed by atoms with Gasteiger partial charge >= 0.3 is 0 Å². The molecule has 4 nitrogen and oxygen atoms in total. The highest BCUT2D eigenvalue weighted by atomic mass is 16.5. The predicted octanol–water partition coefficient (Wildman–Crippen LogP) is 2.97. The number of hydrogen-bond acceptors (Lipinski definition) is 2. The van der Waals surface area contributed by atoms with Crippen LogP contribution in [0.4, 0.5) is 0 Å². The molecule has 0 heterocycles. The first-order valence-electron chi connectivity index (χ1n) is 8.32. The highest BCUT2D eigenvalue weighted by Crippen LogP contribution is 2.15. The van der Waals surface area contributed by atoms with Crippen molar-refractivity contribution in [3.8, 4) is 0 Å². The van der Waals surface area contributed by atoms with Crippen molar-refractivity contribution < 1.29 is 4.74 Å². The Morgan fingerprint density at radius 3 is 2.70 bits per heavy atom. The second-order valence-corrected chi connectivity index (χ2v) is 5.47. The van der Waals surface area contributed by atoms with E-state index >= 15 is 0 Å². The van der Waals surface area contributed by atoms with Crippen molar-refractivity contribution in [1.82, 2.24) is 10.6 Å². The third-order valence-electron chi connectivity index (χ3n) is 3.64. The predicted molar refractivity (Wildman–Crippen MR) is 98.1 cm³/mol. The molecule has 4 heteroatoms. The molecule has 0 unspecified atom stereocenters. The van der Waals surface area contributed by atoms with Gasteiger partial charge in [0.15, 0.2) is 5.96 Å². The zero-order chi connectivity index (χ0) is 16.3. The van der Waals surface area contributed by atoms with Crippen LogP contribution >= 0.6 is 0 Å². The lowest BCUT2D eigenvalue weighted by Crippen LogP contribution is -2.38. The first-order chi connectivity index (χ1) is 11.3. The molecule has 0 saturated carbocycles. The summed E-state index contributed by atoms with van der Waals surface area (Å²) >= 11 is 0. The quantitative estimate of drug-likeness (QED) is 0.447. The molecule has 0 radical (unpaired) electrons. The second-order valence-electron chi connectivity index (χ2n) is 5.47. The first kappa shape index (κ1) is 17.3. The molecule has 0 fully saturated rings. The molecule has 0 aliphatic rings. The minimum absolute atomic E-state index is 0.750. The lowest BCUT2D eigenvalue weighted by Gasteiger charge is -2.11. The molecule has 2 aromatic carbocycles. The van der Waals surface area contributed by atoms with Crippen LogP contribution < -0.4 is 10.6 Å². The lowest BCUT2D eigenvalue weighted by molar-refractivity contribution is 0.197. The Hall–Kier alpha value is -2.07. The van der Waals surface area contributed by atoms with Gasteiger partial charge < -0.3 is 15.4 Å².